The third kappa shape index (κ3) is 5.21. The first-order valence-corrected chi connectivity index (χ1v) is 7.38. The summed E-state index contributed by atoms with van der Waals surface area (Å²) in [4.78, 5) is 11.8. The van der Waals surface area contributed by atoms with Gasteiger partial charge in [0.25, 0.3) is 0 Å². The third-order valence-corrected chi connectivity index (χ3v) is 3.26. The van der Waals surface area contributed by atoms with E-state index in [0.29, 0.717) is 36.8 Å². The van der Waals surface area contributed by atoms with Crippen molar-refractivity contribution < 1.29 is 19.0 Å². The van der Waals surface area contributed by atoms with Crippen molar-refractivity contribution >= 4 is 5.91 Å². The van der Waals surface area contributed by atoms with Gasteiger partial charge >= 0.3 is 0 Å². The van der Waals surface area contributed by atoms with Gasteiger partial charge in [-0.3, -0.25) is 4.79 Å². The summed E-state index contributed by atoms with van der Waals surface area (Å²) in [6, 6.07) is 15.0. The molecule has 2 aromatic rings. The van der Waals surface area contributed by atoms with Crippen LogP contribution in [0.4, 0.5) is 0 Å². The van der Waals surface area contributed by atoms with Crippen LogP contribution in [0.15, 0.2) is 48.5 Å². The van der Waals surface area contributed by atoms with Crippen molar-refractivity contribution in [2.45, 2.75) is 6.42 Å². The Kier molecular flexibility index (Phi) is 6.29. The zero-order valence-electron chi connectivity index (χ0n) is 13.4. The van der Waals surface area contributed by atoms with Gasteiger partial charge in [-0.25, -0.2) is 0 Å². The second-order valence-electron chi connectivity index (χ2n) is 4.88. The van der Waals surface area contributed by atoms with Gasteiger partial charge in [0.15, 0.2) is 11.5 Å². The minimum atomic E-state index is -0.0212. The first-order valence-electron chi connectivity index (χ1n) is 7.38. The molecule has 5 heteroatoms. The van der Waals surface area contributed by atoms with Gasteiger partial charge in [0.1, 0.15) is 12.4 Å². The van der Waals surface area contributed by atoms with Gasteiger partial charge in [-0.2, -0.15) is 0 Å². The van der Waals surface area contributed by atoms with Gasteiger partial charge in [-0.15, -0.1) is 0 Å². The smallest absolute Gasteiger partial charge is 0.224 e. The molecule has 0 heterocycles. The molecule has 0 saturated carbocycles. The Bertz CT molecular complexity index is 628. The first-order chi connectivity index (χ1) is 11.2. The van der Waals surface area contributed by atoms with Gasteiger partial charge < -0.3 is 19.5 Å². The summed E-state index contributed by atoms with van der Waals surface area (Å²) in [6.07, 6.45) is 0.372. The topological polar surface area (TPSA) is 56.8 Å². The fourth-order valence-corrected chi connectivity index (χ4v) is 2.11. The highest BCUT2D eigenvalue weighted by Crippen LogP contribution is 2.30. The maximum atomic E-state index is 11.8. The van der Waals surface area contributed by atoms with Crippen LogP contribution in [0.5, 0.6) is 17.2 Å². The molecule has 0 atom stereocenters. The van der Waals surface area contributed by atoms with Gasteiger partial charge in [0, 0.05) is 6.07 Å². The Hall–Kier alpha value is -2.69. The Morgan fingerprint density at radius 3 is 2.43 bits per heavy atom. The van der Waals surface area contributed by atoms with E-state index in [9.17, 15) is 4.79 Å². The van der Waals surface area contributed by atoms with E-state index in [0.717, 1.165) is 5.56 Å². The number of carbonyl (C=O) groups is 1. The lowest BCUT2D eigenvalue weighted by Gasteiger charge is -2.11. The minimum absolute atomic E-state index is 0.0212. The predicted molar refractivity (Wildman–Crippen MR) is 88.2 cm³/mol. The summed E-state index contributed by atoms with van der Waals surface area (Å²) in [5, 5.41) is 2.83. The molecule has 2 rings (SSSR count). The van der Waals surface area contributed by atoms with Crippen LogP contribution in [0.25, 0.3) is 0 Å². The first kappa shape index (κ1) is 16.7. The van der Waals surface area contributed by atoms with E-state index in [1.54, 1.807) is 32.4 Å². The number of methoxy groups -OCH3 is 2. The van der Waals surface area contributed by atoms with Crippen LogP contribution >= 0.6 is 0 Å². The Balaban J connectivity index is 1.74. The Morgan fingerprint density at radius 1 is 1.00 bits per heavy atom. The van der Waals surface area contributed by atoms with Gasteiger partial charge in [-0.1, -0.05) is 30.3 Å². The number of amides is 1. The number of benzene rings is 2. The molecule has 0 spiro atoms. The van der Waals surface area contributed by atoms with Crippen LogP contribution in [0.3, 0.4) is 0 Å². The van der Waals surface area contributed by atoms with Gasteiger partial charge in [-0.05, 0) is 17.7 Å². The van der Waals surface area contributed by atoms with E-state index in [2.05, 4.69) is 5.32 Å². The summed E-state index contributed by atoms with van der Waals surface area (Å²) < 4.78 is 16.0. The van der Waals surface area contributed by atoms with Crippen molar-refractivity contribution in [3.63, 3.8) is 0 Å². The van der Waals surface area contributed by atoms with Gasteiger partial charge in [0.05, 0.1) is 27.2 Å². The number of ether oxygens (including phenoxy) is 3. The fraction of sp³-hybridized carbons (Fsp3) is 0.278. The molecule has 0 radical (unpaired) electrons. The SMILES string of the molecule is COc1ccc(OCCNC(=O)Cc2ccccc2)cc1OC. The molecule has 0 bridgehead atoms. The molecule has 0 saturated heterocycles. The molecule has 0 aromatic heterocycles. The highest BCUT2D eigenvalue weighted by Gasteiger charge is 2.06. The fourth-order valence-electron chi connectivity index (χ4n) is 2.11. The molecule has 0 unspecified atom stereocenters. The molecule has 0 aliphatic rings. The van der Waals surface area contributed by atoms with E-state index in [1.165, 1.54) is 0 Å². The second kappa shape index (κ2) is 8.68. The number of hydrogen-bond donors (Lipinski definition) is 1. The Morgan fingerprint density at radius 2 is 1.74 bits per heavy atom. The number of rotatable bonds is 8. The molecular weight excluding hydrogens is 294 g/mol. The molecule has 2 aromatic carbocycles. The predicted octanol–water partition coefficient (Wildman–Crippen LogP) is 2.44. The van der Waals surface area contributed by atoms with Crippen LogP contribution in [-0.4, -0.2) is 33.3 Å². The van der Waals surface area contributed by atoms with Crippen LogP contribution in [0, 0.1) is 0 Å². The lowest BCUT2D eigenvalue weighted by atomic mass is 10.1. The number of nitrogens with one attached hydrogen (secondary N) is 1. The monoisotopic (exact) mass is 315 g/mol. The van der Waals surface area contributed by atoms with E-state index < -0.39 is 0 Å². The van der Waals surface area contributed by atoms with Crippen molar-refractivity contribution in [1.29, 1.82) is 0 Å². The molecule has 5 nitrogen and oxygen atoms in total. The van der Waals surface area contributed by atoms with Crippen LogP contribution in [-0.2, 0) is 11.2 Å². The average molecular weight is 315 g/mol. The summed E-state index contributed by atoms with van der Waals surface area (Å²) in [5.74, 6) is 1.90. The molecule has 122 valence electrons. The Labute approximate surface area is 136 Å². The van der Waals surface area contributed by atoms with Crippen molar-refractivity contribution in [3.8, 4) is 17.2 Å². The largest absolute Gasteiger partial charge is 0.493 e. The van der Waals surface area contributed by atoms with Crippen LogP contribution < -0.4 is 19.5 Å². The normalized spacial score (nSPS) is 10.0. The summed E-state index contributed by atoms with van der Waals surface area (Å²) >= 11 is 0. The molecule has 0 aliphatic heterocycles. The maximum absolute atomic E-state index is 11.8. The van der Waals surface area contributed by atoms with E-state index in [4.69, 9.17) is 14.2 Å². The minimum Gasteiger partial charge on any atom is -0.493 e. The van der Waals surface area contributed by atoms with E-state index in [-0.39, 0.29) is 5.91 Å². The molecule has 23 heavy (non-hydrogen) atoms. The van der Waals surface area contributed by atoms with Crippen molar-refractivity contribution in [3.05, 3.63) is 54.1 Å². The highest BCUT2D eigenvalue weighted by molar-refractivity contribution is 5.78. The van der Waals surface area contributed by atoms with Gasteiger partial charge in [0.2, 0.25) is 5.91 Å². The standard InChI is InChI=1S/C18H21NO4/c1-21-16-9-8-15(13-17(16)22-2)23-11-10-19-18(20)12-14-6-4-3-5-7-14/h3-9,13H,10-12H2,1-2H3,(H,19,20). The lowest BCUT2D eigenvalue weighted by molar-refractivity contribution is -0.120. The van der Waals surface area contributed by atoms with E-state index >= 15 is 0 Å². The van der Waals surface area contributed by atoms with Crippen LogP contribution in [0.2, 0.25) is 0 Å². The lowest BCUT2D eigenvalue weighted by Crippen LogP contribution is -2.29. The van der Waals surface area contributed by atoms with E-state index in [1.807, 2.05) is 30.3 Å². The average Bonchev–Trinajstić information content (AvgIpc) is 2.59. The zero-order valence-corrected chi connectivity index (χ0v) is 13.4. The molecule has 1 amide bonds. The van der Waals surface area contributed by atoms with Crippen molar-refractivity contribution in [2.75, 3.05) is 27.4 Å². The summed E-state index contributed by atoms with van der Waals surface area (Å²) in [6.45, 7) is 0.829. The van der Waals surface area contributed by atoms with Crippen molar-refractivity contribution in [2.24, 2.45) is 0 Å². The highest BCUT2D eigenvalue weighted by atomic mass is 16.5. The molecular formula is C18H21NO4. The molecule has 0 fully saturated rings. The summed E-state index contributed by atoms with van der Waals surface area (Å²) in [5.41, 5.74) is 0.991. The molecule has 0 aliphatic carbocycles. The summed E-state index contributed by atoms with van der Waals surface area (Å²) in [7, 11) is 3.16. The quantitative estimate of drug-likeness (QED) is 0.760. The number of carbonyl (C=O) groups excluding carboxylic acids is 1. The van der Waals surface area contributed by atoms with Crippen molar-refractivity contribution in [1.82, 2.24) is 5.32 Å². The zero-order chi connectivity index (χ0) is 16.5. The maximum Gasteiger partial charge on any atom is 0.224 e. The van der Waals surface area contributed by atoms with Crippen LogP contribution in [0.1, 0.15) is 5.56 Å². The third-order valence-electron chi connectivity index (χ3n) is 3.26. The second-order valence-corrected chi connectivity index (χ2v) is 4.88. The molecule has 1 N–H and O–H groups in total. The number of hydrogen-bond acceptors (Lipinski definition) is 4.